The van der Waals surface area contributed by atoms with Crippen molar-refractivity contribution in [3.05, 3.63) is 78.1 Å². The maximum atomic E-state index is 13.7. The van der Waals surface area contributed by atoms with E-state index in [0.29, 0.717) is 17.2 Å². The van der Waals surface area contributed by atoms with E-state index in [0.717, 1.165) is 6.20 Å². The summed E-state index contributed by atoms with van der Waals surface area (Å²) in [5, 5.41) is 2.46. The summed E-state index contributed by atoms with van der Waals surface area (Å²) in [6, 6.07) is 7.92. The maximum Gasteiger partial charge on any atom is 0.277 e. The zero-order valence-corrected chi connectivity index (χ0v) is 12.1. The van der Waals surface area contributed by atoms with Crippen molar-refractivity contribution in [3.63, 3.8) is 0 Å². The monoisotopic (exact) mass is 329 g/mol. The van der Waals surface area contributed by atoms with Crippen molar-refractivity contribution in [2.24, 2.45) is 0 Å². The Morgan fingerprint density at radius 3 is 2.58 bits per heavy atom. The zero-order valence-electron chi connectivity index (χ0n) is 12.1. The first kappa shape index (κ1) is 15.7. The first-order valence-electron chi connectivity index (χ1n) is 6.87. The highest BCUT2D eigenvalue weighted by Crippen LogP contribution is 2.27. The largest absolute Gasteiger partial charge is 0.319 e. The van der Waals surface area contributed by atoms with Gasteiger partial charge in [-0.15, -0.1) is 0 Å². The van der Waals surface area contributed by atoms with Crippen LogP contribution in [0.4, 0.5) is 18.9 Å². The molecule has 0 saturated carbocycles. The van der Waals surface area contributed by atoms with Gasteiger partial charge >= 0.3 is 0 Å². The molecule has 0 saturated heterocycles. The van der Waals surface area contributed by atoms with Gasteiger partial charge in [0.05, 0.1) is 18.1 Å². The van der Waals surface area contributed by atoms with Crippen LogP contribution in [0.1, 0.15) is 10.5 Å². The topological polar surface area (TPSA) is 54.9 Å². The lowest BCUT2D eigenvalue weighted by Crippen LogP contribution is -2.16. The fourth-order valence-corrected chi connectivity index (χ4v) is 2.16. The quantitative estimate of drug-likeness (QED) is 0.795. The molecule has 0 spiro atoms. The van der Waals surface area contributed by atoms with Crippen LogP contribution >= 0.6 is 0 Å². The minimum absolute atomic E-state index is 0.249. The van der Waals surface area contributed by atoms with E-state index in [1.54, 1.807) is 12.1 Å². The van der Waals surface area contributed by atoms with E-state index in [9.17, 15) is 18.0 Å². The van der Waals surface area contributed by atoms with E-state index in [2.05, 4.69) is 15.3 Å². The van der Waals surface area contributed by atoms with Gasteiger partial charge in [0.25, 0.3) is 5.91 Å². The van der Waals surface area contributed by atoms with Crippen LogP contribution in [0.3, 0.4) is 0 Å². The third-order valence-electron chi connectivity index (χ3n) is 3.23. The molecule has 0 aliphatic rings. The SMILES string of the molecule is O=C(Nc1cnccc1-c1cccc(F)c1)c1ncc(F)cc1F. The Balaban J connectivity index is 1.95. The molecular formula is C17H10F3N3O. The molecule has 4 nitrogen and oxygen atoms in total. The predicted molar refractivity (Wildman–Crippen MR) is 81.7 cm³/mol. The molecule has 120 valence electrons. The summed E-state index contributed by atoms with van der Waals surface area (Å²) in [7, 11) is 0. The van der Waals surface area contributed by atoms with E-state index in [4.69, 9.17) is 0 Å². The summed E-state index contributed by atoms with van der Waals surface area (Å²) in [6.45, 7) is 0. The predicted octanol–water partition coefficient (Wildman–Crippen LogP) is 3.81. The van der Waals surface area contributed by atoms with Crippen molar-refractivity contribution in [3.8, 4) is 11.1 Å². The van der Waals surface area contributed by atoms with Gasteiger partial charge in [-0.05, 0) is 23.8 Å². The summed E-state index contributed by atoms with van der Waals surface area (Å²) in [5.74, 6) is -3.26. The fourth-order valence-electron chi connectivity index (χ4n) is 2.16. The second-order valence-electron chi connectivity index (χ2n) is 4.87. The molecule has 0 bridgehead atoms. The lowest BCUT2D eigenvalue weighted by molar-refractivity contribution is 0.101. The van der Waals surface area contributed by atoms with Gasteiger partial charge in [0.2, 0.25) is 0 Å². The minimum atomic E-state index is -1.08. The fraction of sp³-hybridized carbons (Fsp3) is 0. The van der Waals surface area contributed by atoms with Gasteiger partial charge in [-0.25, -0.2) is 18.2 Å². The Kier molecular flexibility index (Phi) is 4.24. The molecule has 0 unspecified atom stereocenters. The molecule has 2 aromatic heterocycles. The van der Waals surface area contributed by atoms with Crippen molar-refractivity contribution in [1.82, 2.24) is 9.97 Å². The highest BCUT2D eigenvalue weighted by Gasteiger charge is 2.16. The van der Waals surface area contributed by atoms with E-state index in [-0.39, 0.29) is 5.69 Å². The molecule has 3 rings (SSSR count). The van der Waals surface area contributed by atoms with E-state index >= 15 is 0 Å². The van der Waals surface area contributed by atoms with Crippen molar-refractivity contribution in [1.29, 1.82) is 0 Å². The highest BCUT2D eigenvalue weighted by atomic mass is 19.1. The summed E-state index contributed by atoms with van der Waals surface area (Å²) >= 11 is 0. The van der Waals surface area contributed by atoms with Gasteiger partial charge in [-0.1, -0.05) is 12.1 Å². The summed E-state index contributed by atoms with van der Waals surface area (Å²) in [6.07, 6.45) is 3.57. The normalized spacial score (nSPS) is 10.5. The Hall–Kier alpha value is -3.22. The lowest BCUT2D eigenvalue weighted by atomic mass is 10.1. The molecule has 7 heteroatoms. The van der Waals surface area contributed by atoms with Crippen molar-refractivity contribution < 1.29 is 18.0 Å². The average Bonchev–Trinajstić information content (AvgIpc) is 2.55. The zero-order chi connectivity index (χ0) is 17.1. The molecule has 1 aromatic carbocycles. The van der Waals surface area contributed by atoms with E-state index in [1.807, 2.05) is 0 Å². The molecule has 0 atom stereocenters. The van der Waals surface area contributed by atoms with Crippen LogP contribution in [0.2, 0.25) is 0 Å². The molecular weight excluding hydrogens is 319 g/mol. The number of amides is 1. The molecule has 2 heterocycles. The number of halogens is 3. The first-order chi connectivity index (χ1) is 11.5. The summed E-state index contributed by atoms with van der Waals surface area (Å²) in [5.41, 5.74) is 0.713. The number of benzene rings is 1. The Morgan fingerprint density at radius 1 is 1.00 bits per heavy atom. The number of anilines is 1. The Morgan fingerprint density at radius 2 is 1.83 bits per heavy atom. The Labute approximate surface area is 135 Å². The maximum absolute atomic E-state index is 13.7. The van der Waals surface area contributed by atoms with Gasteiger partial charge in [0, 0.05) is 17.8 Å². The molecule has 0 radical (unpaired) electrons. The number of hydrogen-bond acceptors (Lipinski definition) is 3. The number of hydrogen-bond donors (Lipinski definition) is 1. The van der Waals surface area contributed by atoms with Crippen LogP contribution in [0.5, 0.6) is 0 Å². The smallest absolute Gasteiger partial charge is 0.277 e. The molecule has 3 aromatic rings. The van der Waals surface area contributed by atoms with Crippen molar-refractivity contribution in [2.75, 3.05) is 5.32 Å². The number of nitrogens with zero attached hydrogens (tertiary/aromatic N) is 2. The first-order valence-corrected chi connectivity index (χ1v) is 6.87. The number of pyridine rings is 2. The number of carbonyl (C=O) groups is 1. The minimum Gasteiger partial charge on any atom is -0.319 e. The standard InChI is InChI=1S/C17H10F3N3O/c18-11-3-1-2-10(6-11)13-4-5-21-9-15(13)23-17(24)16-14(20)7-12(19)8-22-16/h1-9H,(H,23,24). The number of aromatic nitrogens is 2. The van der Waals surface area contributed by atoms with Crippen LogP contribution in [0, 0.1) is 17.5 Å². The van der Waals surface area contributed by atoms with Gasteiger partial charge < -0.3 is 5.32 Å². The number of carbonyl (C=O) groups excluding carboxylic acids is 1. The second kappa shape index (κ2) is 6.49. The van der Waals surface area contributed by atoms with E-state index in [1.165, 1.54) is 30.6 Å². The van der Waals surface area contributed by atoms with Crippen molar-refractivity contribution >= 4 is 11.6 Å². The third kappa shape index (κ3) is 3.24. The lowest BCUT2D eigenvalue weighted by Gasteiger charge is -2.11. The van der Waals surface area contributed by atoms with Gasteiger partial charge in [-0.2, -0.15) is 0 Å². The van der Waals surface area contributed by atoms with Crippen LogP contribution < -0.4 is 5.32 Å². The van der Waals surface area contributed by atoms with Gasteiger partial charge in [-0.3, -0.25) is 9.78 Å². The van der Waals surface area contributed by atoms with Gasteiger partial charge in [0.15, 0.2) is 11.5 Å². The summed E-state index contributed by atoms with van der Waals surface area (Å²) < 4.78 is 39.9. The molecule has 0 aliphatic heterocycles. The Bertz CT molecular complexity index is 915. The van der Waals surface area contributed by atoms with E-state index < -0.39 is 29.1 Å². The number of rotatable bonds is 3. The average molecular weight is 329 g/mol. The van der Waals surface area contributed by atoms with Crippen LogP contribution in [0.25, 0.3) is 11.1 Å². The highest BCUT2D eigenvalue weighted by molar-refractivity contribution is 6.05. The third-order valence-corrected chi connectivity index (χ3v) is 3.23. The second-order valence-corrected chi connectivity index (χ2v) is 4.87. The molecule has 24 heavy (non-hydrogen) atoms. The van der Waals surface area contributed by atoms with Gasteiger partial charge in [0.1, 0.15) is 11.6 Å². The molecule has 1 amide bonds. The van der Waals surface area contributed by atoms with Crippen molar-refractivity contribution in [2.45, 2.75) is 0 Å². The number of nitrogens with one attached hydrogen (secondary N) is 1. The molecule has 1 N–H and O–H groups in total. The molecule has 0 fully saturated rings. The summed E-state index contributed by atoms with van der Waals surface area (Å²) in [4.78, 5) is 19.5. The molecule has 0 aliphatic carbocycles. The van der Waals surface area contributed by atoms with Crippen LogP contribution in [0.15, 0.2) is 55.0 Å². The van der Waals surface area contributed by atoms with Crippen LogP contribution in [-0.2, 0) is 0 Å². The van der Waals surface area contributed by atoms with Crippen LogP contribution in [-0.4, -0.2) is 15.9 Å².